The average molecular weight is 213 g/mol. The van der Waals surface area contributed by atoms with Crippen LogP contribution >= 0.6 is 0 Å². The maximum Gasteiger partial charge on any atom is 0.129 e. The lowest BCUT2D eigenvalue weighted by molar-refractivity contribution is -0.117. The lowest BCUT2D eigenvalue weighted by atomic mass is 10.1. The number of hydrogen-bond acceptors (Lipinski definition) is 2. The van der Waals surface area contributed by atoms with E-state index in [0.29, 0.717) is 11.8 Å². The summed E-state index contributed by atoms with van der Waals surface area (Å²) in [4.78, 5) is 10.7. The summed E-state index contributed by atoms with van der Waals surface area (Å²) < 4.78 is 0. The zero-order chi connectivity index (χ0) is 11.5. The van der Waals surface area contributed by atoms with Gasteiger partial charge in [-0.05, 0) is 39.7 Å². The molecule has 15 heavy (non-hydrogen) atoms. The molecule has 0 radical (unpaired) electrons. The van der Waals surface area contributed by atoms with Crippen molar-refractivity contribution in [2.24, 2.45) is 0 Å². The lowest BCUT2D eigenvalue weighted by Gasteiger charge is -2.12. The van der Waals surface area contributed by atoms with Gasteiger partial charge in [0.1, 0.15) is 5.78 Å². The van der Waals surface area contributed by atoms with Crippen LogP contribution in [-0.2, 0) is 4.79 Å². The van der Waals surface area contributed by atoms with Gasteiger partial charge in [-0.15, -0.1) is 0 Å². The highest BCUT2D eigenvalue weighted by Gasteiger charge is 1.99. The summed E-state index contributed by atoms with van der Waals surface area (Å²) in [5, 5.41) is 3.52. The van der Waals surface area contributed by atoms with Gasteiger partial charge in [0.2, 0.25) is 0 Å². The normalized spacial score (nSPS) is 12.7. The summed E-state index contributed by atoms with van der Waals surface area (Å²) in [5.74, 6) is 0.319. The number of carbonyl (C=O) groups is 1. The van der Waals surface area contributed by atoms with Crippen molar-refractivity contribution in [3.63, 3.8) is 0 Å². The van der Waals surface area contributed by atoms with Gasteiger partial charge in [-0.1, -0.05) is 26.2 Å². The van der Waals surface area contributed by atoms with Crippen molar-refractivity contribution in [3.05, 3.63) is 0 Å². The first-order valence-corrected chi connectivity index (χ1v) is 6.39. The Balaban J connectivity index is 3.12. The van der Waals surface area contributed by atoms with Crippen LogP contribution in [0.15, 0.2) is 0 Å². The Morgan fingerprint density at radius 1 is 1.20 bits per heavy atom. The molecule has 0 aliphatic carbocycles. The van der Waals surface area contributed by atoms with Crippen LogP contribution in [0.5, 0.6) is 0 Å². The monoisotopic (exact) mass is 213 g/mol. The lowest BCUT2D eigenvalue weighted by Crippen LogP contribution is -2.26. The number of hydrogen-bond donors (Lipinski definition) is 1. The first-order valence-electron chi connectivity index (χ1n) is 6.39. The van der Waals surface area contributed by atoms with Gasteiger partial charge in [0.15, 0.2) is 0 Å². The van der Waals surface area contributed by atoms with Gasteiger partial charge in [-0.3, -0.25) is 0 Å². The quantitative estimate of drug-likeness (QED) is 0.564. The molecule has 0 saturated carbocycles. The minimum Gasteiger partial charge on any atom is -0.314 e. The van der Waals surface area contributed by atoms with Crippen LogP contribution in [0.25, 0.3) is 0 Å². The van der Waals surface area contributed by atoms with E-state index in [4.69, 9.17) is 0 Å². The Labute approximate surface area is 94.8 Å². The first kappa shape index (κ1) is 14.6. The second kappa shape index (κ2) is 10.2. The SMILES string of the molecule is CCCCC(C)NCCCCCC(C)=O. The van der Waals surface area contributed by atoms with Gasteiger partial charge >= 0.3 is 0 Å². The topological polar surface area (TPSA) is 29.1 Å². The molecule has 1 N–H and O–H groups in total. The summed E-state index contributed by atoms with van der Waals surface area (Å²) >= 11 is 0. The smallest absolute Gasteiger partial charge is 0.129 e. The summed E-state index contributed by atoms with van der Waals surface area (Å²) in [6.45, 7) is 7.26. The van der Waals surface area contributed by atoms with Crippen LogP contribution < -0.4 is 5.32 Å². The molecule has 90 valence electrons. The van der Waals surface area contributed by atoms with E-state index in [-0.39, 0.29) is 0 Å². The van der Waals surface area contributed by atoms with Crippen molar-refractivity contribution >= 4 is 5.78 Å². The highest BCUT2D eigenvalue weighted by atomic mass is 16.1. The number of ketones is 1. The van der Waals surface area contributed by atoms with Crippen LogP contribution in [0.2, 0.25) is 0 Å². The Morgan fingerprint density at radius 2 is 1.93 bits per heavy atom. The zero-order valence-electron chi connectivity index (χ0n) is 10.6. The van der Waals surface area contributed by atoms with Crippen LogP contribution in [0.1, 0.15) is 65.7 Å². The number of nitrogens with one attached hydrogen (secondary N) is 1. The second-order valence-corrected chi connectivity index (χ2v) is 4.51. The average Bonchev–Trinajstić information content (AvgIpc) is 2.19. The van der Waals surface area contributed by atoms with Crippen LogP contribution in [0, 0.1) is 0 Å². The fraction of sp³-hybridized carbons (Fsp3) is 0.923. The fourth-order valence-electron chi connectivity index (χ4n) is 1.64. The van der Waals surface area contributed by atoms with Crippen molar-refractivity contribution in [2.75, 3.05) is 6.54 Å². The van der Waals surface area contributed by atoms with E-state index in [2.05, 4.69) is 19.2 Å². The maximum absolute atomic E-state index is 10.7. The highest BCUT2D eigenvalue weighted by Crippen LogP contribution is 2.02. The van der Waals surface area contributed by atoms with E-state index in [1.54, 1.807) is 6.92 Å². The van der Waals surface area contributed by atoms with Gasteiger partial charge in [-0.25, -0.2) is 0 Å². The number of Topliss-reactive ketones (excluding diaryl/α,β-unsaturated/α-hetero) is 1. The molecule has 0 spiro atoms. The standard InChI is InChI=1S/C13H27NO/c1-4-5-9-12(2)14-11-8-6-7-10-13(3)15/h12,14H,4-11H2,1-3H3. The van der Waals surface area contributed by atoms with Gasteiger partial charge in [0.05, 0.1) is 0 Å². The van der Waals surface area contributed by atoms with E-state index in [0.717, 1.165) is 19.4 Å². The minimum absolute atomic E-state index is 0.319. The van der Waals surface area contributed by atoms with Crippen molar-refractivity contribution < 1.29 is 4.79 Å². The van der Waals surface area contributed by atoms with E-state index < -0.39 is 0 Å². The minimum atomic E-state index is 0.319. The molecule has 0 fully saturated rings. The number of carbonyl (C=O) groups excluding carboxylic acids is 1. The van der Waals surface area contributed by atoms with Gasteiger partial charge in [-0.2, -0.15) is 0 Å². The molecule has 0 rings (SSSR count). The Hall–Kier alpha value is -0.370. The first-order chi connectivity index (χ1) is 7.16. The molecule has 1 unspecified atom stereocenters. The molecular weight excluding hydrogens is 186 g/mol. The molecule has 0 aromatic carbocycles. The van der Waals surface area contributed by atoms with Gasteiger partial charge in [0, 0.05) is 12.5 Å². The van der Waals surface area contributed by atoms with Crippen molar-refractivity contribution in [1.82, 2.24) is 5.32 Å². The van der Waals surface area contributed by atoms with Crippen molar-refractivity contribution in [3.8, 4) is 0 Å². The van der Waals surface area contributed by atoms with E-state index in [1.165, 1.54) is 32.1 Å². The molecule has 0 aromatic rings. The largest absolute Gasteiger partial charge is 0.314 e. The van der Waals surface area contributed by atoms with Crippen LogP contribution in [0.4, 0.5) is 0 Å². The van der Waals surface area contributed by atoms with Crippen LogP contribution in [0.3, 0.4) is 0 Å². The summed E-state index contributed by atoms with van der Waals surface area (Å²) in [6, 6.07) is 0.651. The van der Waals surface area contributed by atoms with Gasteiger partial charge < -0.3 is 10.1 Å². The third-order valence-electron chi connectivity index (χ3n) is 2.69. The van der Waals surface area contributed by atoms with E-state index in [1.807, 2.05) is 0 Å². The molecule has 0 amide bonds. The third kappa shape index (κ3) is 11.6. The van der Waals surface area contributed by atoms with E-state index in [9.17, 15) is 4.79 Å². The van der Waals surface area contributed by atoms with Crippen LogP contribution in [-0.4, -0.2) is 18.4 Å². The zero-order valence-corrected chi connectivity index (χ0v) is 10.6. The molecule has 2 heteroatoms. The highest BCUT2D eigenvalue weighted by molar-refractivity contribution is 5.75. The molecule has 0 heterocycles. The molecular formula is C13H27NO. The number of rotatable bonds is 10. The predicted octanol–water partition coefficient (Wildman–Crippen LogP) is 3.30. The molecule has 0 bridgehead atoms. The summed E-state index contributed by atoms with van der Waals surface area (Å²) in [7, 11) is 0. The maximum atomic E-state index is 10.7. The molecule has 0 aliphatic heterocycles. The second-order valence-electron chi connectivity index (χ2n) is 4.51. The number of unbranched alkanes of at least 4 members (excludes halogenated alkanes) is 3. The molecule has 2 nitrogen and oxygen atoms in total. The van der Waals surface area contributed by atoms with Gasteiger partial charge in [0.25, 0.3) is 0 Å². The summed E-state index contributed by atoms with van der Waals surface area (Å²) in [5.41, 5.74) is 0. The van der Waals surface area contributed by atoms with E-state index >= 15 is 0 Å². The Bertz CT molecular complexity index is 157. The Kier molecular flexibility index (Phi) is 9.91. The predicted molar refractivity (Wildman–Crippen MR) is 66.1 cm³/mol. The molecule has 0 aromatic heterocycles. The summed E-state index contributed by atoms with van der Waals surface area (Å²) in [6.07, 6.45) is 8.07. The van der Waals surface area contributed by atoms with Crippen molar-refractivity contribution in [1.29, 1.82) is 0 Å². The fourth-order valence-corrected chi connectivity index (χ4v) is 1.64. The Morgan fingerprint density at radius 3 is 2.53 bits per heavy atom. The molecule has 0 saturated heterocycles. The third-order valence-corrected chi connectivity index (χ3v) is 2.69. The molecule has 0 aliphatic rings. The molecule has 1 atom stereocenters. The van der Waals surface area contributed by atoms with Crippen molar-refractivity contribution in [2.45, 2.75) is 71.8 Å².